The highest BCUT2D eigenvalue weighted by atomic mass is 127. The molecule has 1 fully saturated rings. The van der Waals surface area contributed by atoms with Gasteiger partial charge in [0.1, 0.15) is 5.75 Å². The lowest BCUT2D eigenvalue weighted by molar-refractivity contribution is -0.123. The Bertz CT molecular complexity index is 683. The standard InChI is InChI=1S/C21H33F2N5O2.HI/c1-25-21(27(2)15-16-5-7-18(8-6-16)30-20(22)23)26-11-3-4-12-28-13-9-17(10-14-28)19(24)29;/h5-8,17,20H,3-4,9-15H2,1-2H3,(H2,24,29)(H,25,26);1H. The topological polar surface area (TPSA) is 83.2 Å². The molecule has 176 valence electrons. The quantitative estimate of drug-likeness (QED) is 0.202. The fourth-order valence-corrected chi connectivity index (χ4v) is 3.61. The number of rotatable bonds is 10. The number of alkyl halides is 2. The molecule has 0 spiro atoms. The lowest BCUT2D eigenvalue weighted by Gasteiger charge is -2.30. The lowest BCUT2D eigenvalue weighted by Crippen LogP contribution is -2.40. The minimum absolute atomic E-state index is 0. The second-order valence-corrected chi connectivity index (χ2v) is 7.58. The number of guanidine groups is 1. The van der Waals surface area contributed by atoms with E-state index in [4.69, 9.17) is 5.73 Å². The van der Waals surface area contributed by atoms with Crippen molar-refractivity contribution in [3.8, 4) is 5.75 Å². The van der Waals surface area contributed by atoms with Crippen LogP contribution in [0.1, 0.15) is 31.2 Å². The fraction of sp³-hybridized carbons (Fsp3) is 0.619. The zero-order valence-corrected chi connectivity index (χ0v) is 20.6. The van der Waals surface area contributed by atoms with Crippen molar-refractivity contribution in [2.24, 2.45) is 16.6 Å². The summed E-state index contributed by atoms with van der Waals surface area (Å²) in [5, 5.41) is 3.36. The van der Waals surface area contributed by atoms with Gasteiger partial charge in [0.2, 0.25) is 5.91 Å². The lowest BCUT2D eigenvalue weighted by atomic mass is 9.96. The molecule has 1 saturated heterocycles. The van der Waals surface area contributed by atoms with Crippen LogP contribution in [-0.4, -0.2) is 68.6 Å². The molecule has 1 aromatic rings. The van der Waals surface area contributed by atoms with Gasteiger partial charge in [-0.15, -0.1) is 24.0 Å². The van der Waals surface area contributed by atoms with Gasteiger partial charge in [-0.3, -0.25) is 9.79 Å². The molecule has 0 bridgehead atoms. The van der Waals surface area contributed by atoms with Crippen LogP contribution >= 0.6 is 24.0 Å². The molecule has 1 amide bonds. The van der Waals surface area contributed by atoms with Crippen LogP contribution in [0.3, 0.4) is 0 Å². The number of nitrogens with zero attached hydrogens (tertiary/aromatic N) is 3. The predicted molar refractivity (Wildman–Crippen MR) is 129 cm³/mol. The molecule has 2 rings (SSSR count). The number of piperidine rings is 1. The average molecular weight is 553 g/mol. The maximum atomic E-state index is 12.2. The number of ether oxygens (including phenoxy) is 1. The van der Waals surface area contributed by atoms with E-state index in [1.165, 1.54) is 12.1 Å². The van der Waals surface area contributed by atoms with Gasteiger partial charge in [0.25, 0.3) is 0 Å². The molecule has 1 heterocycles. The number of primary amides is 1. The number of aliphatic imine (C=N–C) groups is 1. The summed E-state index contributed by atoms with van der Waals surface area (Å²) in [6, 6.07) is 6.61. The Hall–Kier alpha value is -1.69. The third kappa shape index (κ3) is 9.98. The molecule has 0 aliphatic carbocycles. The minimum Gasteiger partial charge on any atom is -0.435 e. The van der Waals surface area contributed by atoms with Crippen LogP contribution < -0.4 is 15.8 Å². The predicted octanol–water partition coefficient (Wildman–Crippen LogP) is 2.89. The number of likely N-dealkylation sites (tertiary alicyclic amines) is 1. The van der Waals surface area contributed by atoms with Crippen LogP contribution in [0.4, 0.5) is 8.78 Å². The van der Waals surface area contributed by atoms with Gasteiger partial charge in [0.15, 0.2) is 5.96 Å². The van der Waals surface area contributed by atoms with Crippen molar-refractivity contribution in [3.63, 3.8) is 0 Å². The molecule has 1 aliphatic rings. The van der Waals surface area contributed by atoms with Gasteiger partial charge in [0, 0.05) is 33.1 Å². The highest BCUT2D eigenvalue weighted by Crippen LogP contribution is 2.17. The molecule has 0 aromatic heterocycles. The van der Waals surface area contributed by atoms with Crippen molar-refractivity contribution < 1.29 is 18.3 Å². The molecule has 0 atom stereocenters. The van der Waals surface area contributed by atoms with Gasteiger partial charge in [-0.05, 0) is 63.0 Å². The number of hydrogen-bond donors (Lipinski definition) is 2. The molecule has 7 nitrogen and oxygen atoms in total. The van der Waals surface area contributed by atoms with Crippen LogP contribution in [-0.2, 0) is 11.3 Å². The number of nitrogens with one attached hydrogen (secondary N) is 1. The molecule has 1 aliphatic heterocycles. The van der Waals surface area contributed by atoms with E-state index >= 15 is 0 Å². The summed E-state index contributed by atoms with van der Waals surface area (Å²) in [6.07, 6.45) is 3.81. The number of unbranched alkanes of at least 4 members (excludes halogenated alkanes) is 1. The number of nitrogens with two attached hydrogens (primary N) is 1. The molecule has 0 radical (unpaired) electrons. The first-order chi connectivity index (χ1) is 14.4. The summed E-state index contributed by atoms with van der Waals surface area (Å²) < 4.78 is 28.8. The van der Waals surface area contributed by atoms with Crippen molar-refractivity contribution >= 4 is 35.8 Å². The van der Waals surface area contributed by atoms with Gasteiger partial charge in [-0.1, -0.05) is 12.1 Å². The van der Waals surface area contributed by atoms with Gasteiger partial charge in [-0.2, -0.15) is 8.78 Å². The normalized spacial score (nSPS) is 15.5. The first-order valence-electron chi connectivity index (χ1n) is 10.4. The van der Waals surface area contributed by atoms with Crippen molar-refractivity contribution in [2.45, 2.75) is 38.8 Å². The number of halogens is 3. The van der Waals surface area contributed by atoms with Gasteiger partial charge < -0.3 is 25.6 Å². The smallest absolute Gasteiger partial charge is 0.387 e. The van der Waals surface area contributed by atoms with Crippen molar-refractivity contribution in [1.29, 1.82) is 0 Å². The summed E-state index contributed by atoms with van der Waals surface area (Å²) in [4.78, 5) is 19.9. The van der Waals surface area contributed by atoms with E-state index in [0.29, 0.717) is 6.54 Å². The van der Waals surface area contributed by atoms with E-state index in [0.717, 1.165) is 63.4 Å². The maximum absolute atomic E-state index is 12.2. The molecular weight excluding hydrogens is 519 g/mol. The van der Waals surface area contributed by atoms with Crippen LogP contribution in [0.2, 0.25) is 0 Å². The van der Waals surface area contributed by atoms with E-state index in [1.807, 2.05) is 11.9 Å². The van der Waals surface area contributed by atoms with Gasteiger partial charge in [-0.25, -0.2) is 0 Å². The van der Waals surface area contributed by atoms with Gasteiger partial charge in [0.05, 0.1) is 0 Å². The van der Waals surface area contributed by atoms with Crippen molar-refractivity contribution in [3.05, 3.63) is 29.8 Å². The SMILES string of the molecule is CN=C(NCCCCN1CCC(C(N)=O)CC1)N(C)Cc1ccc(OC(F)F)cc1.I. The van der Waals surface area contributed by atoms with Gasteiger partial charge >= 0.3 is 6.61 Å². The van der Waals surface area contributed by atoms with Crippen molar-refractivity contribution in [2.75, 3.05) is 40.3 Å². The highest BCUT2D eigenvalue weighted by molar-refractivity contribution is 14.0. The summed E-state index contributed by atoms with van der Waals surface area (Å²) in [7, 11) is 3.67. The van der Waals surface area contributed by atoms with E-state index in [1.54, 1.807) is 19.2 Å². The first kappa shape index (κ1) is 27.3. The molecule has 10 heteroatoms. The number of benzene rings is 1. The Kier molecular flexibility index (Phi) is 12.7. The van der Waals surface area contributed by atoms with E-state index < -0.39 is 6.61 Å². The monoisotopic (exact) mass is 553 g/mol. The highest BCUT2D eigenvalue weighted by Gasteiger charge is 2.22. The van der Waals surface area contributed by atoms with Crippen LogP contribution in [0, 0.1) is 5.92 Å². The van der Waals surface area contributed by atoms with Crippen LogP contribution in [0.5, 0.6) is 5.75 Å². The third-order valence-corrected chi connectivity index (χ3v) is 5.32. The zero-order valence-electron chi connectivity index (χ0n) is 18.2. The second kappa shape index (κ2) is 14.4. The third-order valence-electron chi connectivity index (χ3n) is 5.32. The Morgan fingerprint density at radius 1 is 1.29 bits per heavy atom. The Balaban J connectivity index is 0.00000480. The minimum atomic E-state index is -2.82. The second-order valence-electron chi connectivity index (χ2n) is 7.58. The largest absolute Gasteiger partial charge is 0.435 e. The molecule has 1 aromatic carbocycles. The summed E-state index contributed by atoms with van der Waals surface area (Å²) in [5.41, 5.74) is 6.35. The maximum Gasteiger partial charge on any atom is 0.387 e. The fourth-order valence-electron chi connectivity index (χ4n) is 3.61. The molecule has 3 N–H and O–H groups in total. The van der Waals surface area contributed by atoms with Crippen molar-refractivity contribution in [1.82, 2.24) is 15.1 Å². The zero-order chi connectivity index (χ0) is 21.9. The number of hydrogen-bond acceptors (Lipinski definition) is 4. The Morgan fingerprint density at radius 3 is 2.48 bits per heavy atom. The Labute approximate surface area is 200 Å². The van der Waals surface area contributed by atoms with Crippen LogP contribution in [0.15, 0.2) is 29.3 Å². The summed E-state index contributed by atoms with van der Waals surface area (Å²) in [6.45, 7) is 1.50. The number of amides is 1. The molecule has 31 heavy (non-hydrogen) atoms. The van der Waals surface area contributed by atoms with E-state index in [2.05, 4.69) is 19.9 Å². The summed E-state index contributed by atoms with van der Waals surface area (Å²) in [5.74, 6) is 0.796. The number of carbonyl (C=O) groups excluding carboxylic acids is 1. The van der Waals surface area contributed by atoms with Crippen LogP contribution in [0.25, 0.3) is 0 Å². The molecule has 0 unspecified atom stereocenters. The average Bonchev–Trinajstić information content (AvgIpc) is 2.72. The molecular formula is C21H34F2IN5O2. The summed E-state index contributed by atoms with van der Waals surface area (Å²) >= 11 is 0. The van der Waals surface area contributed by atoms with E-state index in [9.17, 15) is 13.6 Å². The first-order valence-corrected chi connectivity index (χ1v) is 10.4. The van der Waals surface area contributed by atoms with E-state index in [-0.39, 0.29) is 41.6 Å². The molecule has 0 saturated carbocycles. The number of carbonyl (C=O) groups is 1. The Morgan fingerprint density at radius 2 is 1.94 bits per heavy atom.